The predicted molar refractivity (Wildman–Crippen MR) is 82.9 cm³/mol. The van der Waals surface area contributed by atoms with Crippen LogP contribution in [0.1, 0.15) is 11.1 Å². The number of sulfone groups is 1. The normalized spacial score (nSPS) is 11.9. The third kappa shape index (κ3) is 4.51. The first-order valence-electron chi connectivity index (χ1n) is 6.03. The molecule has 0 aliphatic rings. The molecule has 0 aliphatic heterocycles. The summed E-state index contributed by atoms with van der Waals surface area (Å²) in [6, 6.07) is 10.6. The lowest BCUT2D eigenvalue weighted by Gasteiger charge is -2.01. The molecule has 2 aromatic rings. The molecule has 0 aliphatic carbocycles. The lowest BCUT2D eigenvalue weighted by Crippen LogP contribution is -1.99. The van der Waals surface area contributed by atoms with Gasteiger partial charge in [-0.25, -0.2) is 8.42 Å². The van der Waals surface area contributed by atoms with E-state index in [0.29, 0.717) is 16.1 Å². The van der Waals surface area contributed by atoms with Crippen LogP contribution in [0.4, 0.5) is 0 Å². The Balaban J connectivity index is 2.14. The van der Waals surface area contributed by atoms with Crippen molar-refractivity contribution in [2.24, 2.45) is 0 Å². The Morgan fingerprint density at radius 2 is 1.67 bits per heavy atom. The topological polar surface area (TPSA) is 74.6 Å². The second-order valence-corrected chi connectivity index (χ2v) is 6.81. The Kier molecular flexibility index (Phi) is 4.55. The van der Waals surface area contributed by atoms with Gasteiger partial charge in [0.2, 0.25) is 0 Å². The van der Waals surface area contributed by atoms with Gasteiger partial charge in [0, 0.05) is 10.4 Å². The van der Waals surface area contributed by atoms with Crippen LogP contribution in [0.25, 0.3) is 6.08 Å². The van der Waals surface area contributed by atoms with E-state index in [2.05, 4.69) is 0 Å². The van der Waals surface area contributed by atoms with Gasteiger partial charge in [-0.15, -0.1) is 0 Å². The minimum atomic E-state index is -3.44. The highest BCUT2D eigenvalue weighted by Gasteiger charge is 2.08. The third-order valence-electron chi connectivity index (χ3n) is 2.75. The molecule has 0 heterocycles. The molecule has 0 amide bonds. The number of rotatable bonds is 4. The first-order valence-corrected chi connectivity index (χ1v) is 8.12. The summed E-state index contributed by atoms with van der Waals surface area (Å²) < 4.78 is 24.0. The smallest absolute Gasteiger partial charge is 0.175 e. The third-order valence-corrected chi connectivity index (χ3v) is 4.29. The number of hydrogen-bond donors (Lipinski definition) is 2. The van der Waals surface area contributed by atoms with E-state index in [1.54, 1.807) is 24.3 Å². The number of halogens is 1. The molecule has 110 valence electrons. The molecule has 2 aromatic carbocycles. The summed E-state index contributed by atoms with van der Waals surface area (Å²) >= 11 is 5.74. The zero-order chi connectivity index (χ0) is 15.5. The van der Waals surface area contributed by atoms with Gasteiger partial charge >= 0.3 is 0 Å². The Morgan fingerprint density at radius 3 is 2.29 bits per heavy atom. The molecule has 0 saturated carbocycles. The van der Waals surface area contributed by atoms with Crippen LogP contribution < -0.4 is 0 Å². The SMILES string of the molecule is O=S(=O)(/C=C/c1ccc(O)c(O)c1)Cc1ccc(Cl)cc1. The van der Waals surface area contributed by atoms with Crippen molar-refractivity contribution < 1.29 is 18.6 Å². The van der Waals surface area contributed by atoms with Crippen LogP contribution >= 0.6 is 11.6 Å². The van der Waals surface area contributed by atoms with Crippen molar-refractivity contribution in [2.45, 2.75) is 5.75 Å². The summed E-state index contributed by atoms with van der Waals surface area (Å²) in [7, 11) is -3.44. The summed E-state index contributed by atoms with van der Waals surface area (Å²) in [5.74, 6) is -0.687. The van der Waals surface area contributed by atoms with E-state index in [-0.39, 0.29) is 17.3 Å². The first-order chi connectivity index (χ1) is 9.85. The van der Waals surface area contributed by atoms with Crippen molar-refractivity contribution in [3.8, 4) is 11.5 Å². The Morgan fingerprint density at radius 1 is 1.00 bits per heavy atom. The molecule has 2 N–H and O–H groups in total. The number of phenolic OH excluding ortho intramolecular Hbond substituents is 2. The van der Waals surface area contributed by atoms with Crippen molar-refractivity contribution in [3.05, 3.63) is 64.0 Å². The van der Waals surface area contributed by atoms with Gasteiger partial charge in [0.05, 0.1) is 5.75 Å². The lowest BCUT2D eigenvalue weighted by atomic mass is 10.2. The van der Waals surface area contributed by atoms with Crippen LogP contribution in [-0.4, -0.2) is 18.6 Å². The van der Waals surface area contributed by atoms with Crippen LogP contribution in [0.5, 0.6) is 11.5 Å². The molecular weight excluding hydrogens is 312 g/mol. The molecule has 6 heteroatoms. The highest BCUT2D eigenvalue weighted by molar-refractivity contribution is 7.93. The maximum absolute atomic E-state index is 12.0. The molecule has 2 rings (SSSR count). The van der Waals surface area contributed by atoms with Crippen LogP contribution in [0, 0.1) is 0 Å². The van der Waals surface area contributed by atoms with E-state index in [1.165, 1.54) is 24.3 Å². The predicted octanol–water partition coefficient (Wildman–Crippen LogP) is 3.34. The highest BCUT2D eigenvalue weighted by Crippen LogP contribution is 2.25. The number of benzene rings is 2. The molecule has 0 saturated heterocycles. The number of aromatic hydroxyl groups is 2. The molecule has 4 nitrogen and oxygen atoms in total. The average Bonchev–Trinajstić information content (AvgIpc) is 2.43. The van der Waals surface area contributed by atoms with Crippen molar-refractivity contribution in [1.82, 2.24) is 0 Å². The second kappa shape index (κ2) is 6.20. The largest absolute Gasteiger partial charge is 0.504 e. The van der Waals surface area contributed by atoms with Crippen LogP contribution in [0.2, 0.25) is 5.02 Å². The molecule has 0 spiro atoms. The standard InChI is InChI=1S/C15H13ClO4S/c16-13-4-1-12(2-5-13)10-21(19,20)8-7-11-3-6-14(17)15(18)9-11/h1-9,17-18H,10H2/b8-7+. The van der Waals surface area contributed by atoms with Crippen molar-refractivity contribution >= 4 is 27.5 Å². The lowest BCUT2D eigenvalue weighted by molar-refractivity contribution is 0.403. The average molecular weight is 325 g/mol. The summed E-state index contributed by atoms with van der Waals surface area (Å²) in [5, 5.41) is 20.2. The van der Waals surface area contributed by atoms with Crippen LogP contribution in [0.15, 0.2) is 47.9 Å². The van der Waals surface area contributed by atoms with E-state index in [0.717, 1.165) is 5.41 Å². The van der Waals surface area contributed by atoms with Gasteiger partial charge < -0.3 is 10.2 Å². The van der Waals surface area contributed by atoms with Gasteiger partial charge in [0.25, 0.3) is 0 Å². The maximum atomic E-state index is 12.0. The van der Waals surface area contributed by atoms with Gasteiger partial charge in [-0.2, -0.15) is 0 Å². The fraction of sp³-hybridized carbons (Fsp3) is 0.0667. The summed E-state index contributed by atoms with van der Waals surface area (Å²) in [6.45, 7) is 0. The van der Waals surface area contributed by atoms with Crippen molar-refractivity contribution in [2.75, 3.05) is 0 Å². The monoisotopic (exact) mass is 324 g/mol. The molecule has 0 radical (unpaired) electrons. The van der Waals surface area contributed by atoms with E-state index >= 15 is 0 Å². The Hall–Kier alpha value is -1.98. The Labute approximate surface area is 127 Å². The molecule has 0 bridgehead atoms. The van der Waals surface area contributed by atoms with Gasteiger partial charge in [0.15, 0.2) is 21.3 Å². The van der Waals surface area contributed by atoms with Crippen LogP contribution in [0.3, 0.4) is 0 Å². The number of hydrogen-bond acceptors (Lipinski definition) is 4. The van der Waals surface area contributed by atoms with Crippen molar-refractivity contribution in [3.63, 3.8) is 0 Å². The quantitative estimate of drug-likeness (QED) is 0.846. The minimum Gasteiger partial charge on any atom is -0.504 e. The van der Waals surface area contributed by atoms with Gasteiger partial charge in [0.1, 0.15) is 0 Å². The molecule has 0 fully saturated rings. The summed E-state index contributed by atoms with van der Waals surface area (Å²) in [6.07, 6.45) is 1.37. The van der Waals surface area contributed by atoms with E-state index in [1.807, 2.05) is 0 Å². The summed E-state index contributed by atoms with van der Waals surface area (Å²) in [4.78, 5) is 0. The molecule has 0 atom stereocenters. The van der Waals surface area contributed by atoms with Crippen LogP contribution in [-0.2, 0) is 15.6 Å². The maximum Gasteiger partial charge on any atom is 0.175 e. The molecular formula is C15H13ClO4S. The molecule has 21 heavy (non-hydrogen) atoms. The minimum absolute atomic E-state index is 0.134. The van der Waals surface area contributed by atoms with Gasteiger partial charge in [-0.3, -0.25) is 0 Å². The van der Waals surface area contributed by atoms with Gasteiger partial charge in [-0.1, -0.05) is 29.8 Å². The second-order valence-electron chi connectivity index (χ2n) is 4.48. The molecule has 0 unspecified atom stereocenters. The van der Waals surface area contributed by atoms with E-state index in [9.17, 15) is 18.6 Å². The number of phenols is 2. The van der Waals surface area contributed by atoms with Crippen molar-refractivity contribution in [1.29, 1.82) is 0 Å². The zero-order valence-electron chi connectivity index (χ0n) is 10.9. The first kappa shape index (κ1) is 15.4. The zero-order valence-corrected chi connectivity index (χ0v) is 12.5. The van der Waals surface area contributed by atoms with Gasteiger partial charge in [-0.05, 0) is 41.5 Å². The molecule has 0 aromatic heterocycles. The fourth-order valence-electron chi connectivity index (χ4n) is 1.69. The fourth-order valence-corrected chi connectivity index (χ4v) is 2.93. The highest BCUT2D eigenvalue weighted by atomic mass is 35.5. The Bertz CT molecular complexity index is 765. The summed E-state index contributed by atoms with van der Waals surface area (Å²) in [5.41, 5.74) is 1.11. The van der Waals surface area contributed by atoms with E-state index < -0.39 is 9.84 Å². The van der Waals surface area contributed by atoms with E-state index in [4.69, 9.17) is 11.6 Å².